The van der Waals surface area contributed by atoms with Crippen LogP contribution < -0.4 is 68.1 Å². The van der Waals surface area contributed by atoms with Crippen LogP contribution in [0.1, 0.15) is 96.1 Å². The number of nitrogens with zero attached hydrogens (tertiary/aromatic N) is 6. The number of hydrogen-bond donors (Lipinski definition) is 5. The van der Waals surface area contributed by atoms with Crippen molar-refractivity contribution >= 4 is 48.1 Å². The van der Waals surface area contributed by atoms with E-state index >= 15 is 0 Å². The van der Waals surface area contributed by atoms with Gasteiger partial charge >= 0.3 is 63.3 Å². The Morgan fingerprint density at radius 2 is 1.06 bits per heavy atom. The molecule has 0 fully saturated rings. The molecule has 0 unspecified atom stereocenters. The normalized spacial score (nSPS) is 12.0. The van der Waals surface area contributed by atoms with E-state index < -0.39 is 19.0 Å². The Morgan fingerprint density at radius 3 is 1.48 bits per heavy atom. The molecule has 3 amide bonds. The number of methoxy groups -OCH3 is 2. The number of carbonyl (C=O) groups excluding carboxylic acids is 6. The first kappa shape index (κ1) is 69.6. The number of benzene rings is 3. The van der Waals surface area contributed by atoms with E-state index in [1.165, 1.54) is 31.4 Å². The molecule has 0 radical (unpaired) electrons. The molecular formula is C57H68ClFKN9O11. The van der Waals surface area contributed by atoms with E-state index in [4.69, 9.17) is 21.6 Å². The predicted octanol–water partition coefficient (Wildman–Crippen LogP) is 3.20. The zero-order valence-electron chi connectivity index (χ0n) is 46.3. The standard InChI is InChI=1S/C19H20N2O3.C18H19N3O3.C10H12N2O2.C8H7NO.CH3F.CH4O.ClH.K.H2NO/c1-24-19(23)17-9-8-15-13-21(12-11-16(15)20-17)18(22)10-7-14-5-3-2-4-6-14;22-17(9-6-13-4-2-1-3-5-13)21-11-10-15-14(12-21)7-8-16(19-15)18(23)20-24;1-14-10(13)9-3-2-7-6-11-5-4-8(7)12-9;10-7-9-6-8-4-2-1-3-5-8;2*1-2;;;1-2/h2-6,8-9H,7,10-13H2,1H3;1-5,7-8,24H,6,9-12H2,(H,20,23);2-3,11H,4-6H2,1H3;1-5H,6H2;1H3;2H,1H3;1H;;1H2/q;;;;;;;+1;-1/i;;;;1D;;;;. The molecule has 6 heterocycles. The van der Waals surface area contributed by atoms with Crippen molar-refractivity contribution in [3.63, 3.8) is 0 Å². The number of isocyanates is 1. The Hall–Kier alpha value is -6.50. The molecule has 0 aliphatic carbocycles. The number of hydrogen-bond acceptors (Lipinski definition) is 17. The van der Waals surface area contributed by atoms with Crippen molar-refractivity contribution in [2.24, 2.45) is 10.9 Å². The average molecular weight is 1150 g/mol. The summed E-state index contributed by atoms with van der Waals surface area (Å²) in [7, 11) is 2.71. The summed E-state index contributed by atoms with van der Waals surface area (Å²) in [5, 5.41) is 26.7. The smallest absolute Gasteiger partial charge is 0.790 e. The second-order valence-corrected chi connectivity index (χ2v) is 16.8. The number of alkyl halides is 1. The molecule has 0 spiro atoms. The molecule has 6 N–H and O–H groups in total. The van der Waals surface area contributed by atoms with Crippen LogP contribution in [-0.4, -0.2) is 119 Å². The van der Waals surface area contributed by atoms with Gasteiger partial charge in [-0.15, -0.1) is 12.4 Å². The van der Waals surface area contributed by atoms with Crippen LogP contribution in [0.25, 0.3) is 0 Å². The van der Waals surface area contributed by atoms with Gasteiger partial charge in [0.15, 0.2) is 0 Å². The number of esters is 2. The van der Waals surface area contributed by atoms with Crippen molar-refractivity contribution in [3.05, 3.63) is 200 Å². The fraction of sp³-hybridized carbons (Fsp3) is 0.316. The molecule has 3 aliphatic rings. The number of aromatic nitrogens is 3. The number of nitrogens with two attached hydrogens (primary N) is 1. The summed E-state index contributed by atoms with van der Waals surface area (Å²) >= 11 is 0. The third kappa shape index (κ3) is 24.1. The van der Waals surface area contributed by atoms with Gasteiger partial charge in [-0.05, 0) is 64.4 Å². The van der Waals surface area contributed by atoms with Crippen LogP contribution in [-0.2, 0) is 82.1 Å². The zero-order valence-corrected chi connectivity index (χ0v) is 49.3. The van der Waals surface area contributed by atoms with Gasteiger partial charge in [-0.25, -0.2) is 39.8 Å². The number of pyridine rings is 3. The number of carbonyl (C=O) groups is 5. The molecule has 0 saturated carbocycles. The van der Waals surface area contributed by atoms with Crippen LogP contribution in [0.5, 0.6) is 0 Å². The maximum Gasteiger partial charge on any atom is 1.00 e. The summed E-state index contributed by atoms with van der Waals surface area (Å²) in [4.78, 5) is 88.7. The van der Waals surface area contributed by atoms with E-state index in [0.717, 1.165) is 78.8 Å². The van der Waals surface area contributed by atoms with Crippen molar-refractivity contribution in [1.82, 2.24) is 35.5 Å². The number of halogens is 2. The molecule has 0 bridgehead atoms. The van der Waals surface area contributed by atoms with Gasteiger partial charge in [0, 0.05) is 95.6 Å². The Labute approximate surface area is 515 Å². The van der Waals surface area contributed by atoms with Crippen LogP contribution in [0.2, 0.25) is 0 Å². The van der Waals surface area contributed by atoms with E-state index in [1.807, 2.05) is 113 Å². The molecule has 20 nitrogen and oxygen atoms in total. The first-order valence-electron chi connectivity index (χ1n) is 25.2. The monoisotopic (exact) mass is 1150 g/mol. The minimum atomic E-state index is -1.00. The molecule has 3 aromatic heterocycles. The quantitative estimate of drug-likeness (QED) is 0.0311. The molecule has 0 saturated heterocycles. The van der Waals surface area contributed by atoms with Crippen molar-refractivity contribution in [2.75, 3.05) is 48.1 Å². The first-order valence-corrected chi connectivity index (χ1v) is 24.5. The third-order valence-electron chi connectivity index (χ3n) is 12.0. The van der Waals surface area contributed by atoms with Crippen LogP contribution in [0.3, 0.4) is 0 Å². The molecule has 3 aromatic carbocycles. The van der Waals surface area contributed by atoms with Gasteiger partial charge in [-0.3, -0.25) is 24.0 Å². The minimum absolute atomic E-state index is 0. The molecular weight excluding hydrogens is 1080 g/mol. The number of aliphatic hydroxyl groups is 1. The molecule has 3 aliphatic heterocycles. The van der Waals surface area contributed by atoms with Gasteiger partial charge in [0.2, 0.25) is 17.9 Å². The maximum absolute atomic E-state index is 12.4. The van der Waals surface area contributed by atoms with Crippen molar-refractivity contribution in [3.8, 4) is 0 Å². The van der Waals surface area contributed by atoms with Crippen LogP contribution in [0, 0.1) is 5.21 Å². The number of rotatable bonds is 11. The second-order valence-electron chi connectivity index (χ2n) is 16.8. The molecule has 422 valence electrons. The topological polar surface area (TPSA) is 292 Å². The Bertz CT molecular complexity index is 2760. The number of fused-ring (bicyclic) bond motifs is 3. The van der Waals surface area contributed by atoms with E-state index in [0.29, 0.717) is 69.8 Å². The van der Waals surface area contributed by atoms with Crippen molar-refractivity contribution < 1.29 is 106 Å². The number of aliphatic hydroxyl groups excluding tert-OH is 1. The molecule has 0 atom stereocenters. The van der Waals surface area contributed by atoms with E-state index in [2.05, 4.69) is 35.9 Å². The van der Waals surface area contributed by atoms with Gasteiger partial charge in [0.1, 0.15) is 17.1 Å². The Balaban J connectivity index is 0.000000538. The SMILES string of the molecule is CO.COC(=O)c1ccc2c(n1)CCN(C(=O)CCc1ccccc1)C2.COC(=O)c1ccc2c(n1)CCNC2.Cl.N[O-].O=C(NO)c1ccc2c(n1)CCN(C(=O)CCc1ccccc1)C2.O=C=NCc1ccccc1.[2H]CF.[K+]. The largest absolute Gasteiger partial charge is 1.00 e. The molecule has 80 heavy (non-hydrogen) atoms. The predicted molar refractivity (Wildman–Crippen MR) is 296 cm³/mol. The second kappa shape index (κ2) is 41.5. The summed E-state index contributed by atoms with van der Waals surface area (Å²) in [5.41, 5.74) is 11.7. The van der Waals surface area contributed by atoms with E-state index in [-0.39, 0.29) is 87.3 Å². The molecule has 6 aromatic rings. The van der Waals surface area contributed by atoms with Gasteiger partial charge in [-0.2, -0.15) is 0 Å². The number of ether oxygens (including phenoxy) is 2. The van der Waals surface area contributed by atoms with Crippen LogP contribution in [0.15, 0.2) is 132 Å². The van der Waals surface area contributed by atoms with E-state index in [1.54, 1.807) is 29.7 Å². The van der Waals surface area contributed by atoms with Gasteiger partial charge < -0.3 is 40.8 Å². The molecule has 9 rings (SSSR count). The number of aryl methyl sites for hydroxylation is 2. The summed E-state index contributed by atoms with van der Waals surface area (Å²) < 4.78 is 24.8. The number of aliphatic imine (C=N–C) groups is 1. The fourth-order valence-corrected chi connectivity index (χ4v) is 8.03. The maximum atomic E-state index is 12.4. The summed E-state index contributed by atoms with van der Waals surface area (Å²) in [6.45, 7) is 4.49. The number of hydroxylamine groups is 1. The summed E-state index contributed by atoms with van der Waals surface area (Å²) in [6.07, 6.45) is 6.12. The van der Waals surface area contributed by atoms with Crippen LogP contribution >= 0.6 is 12.4 Å². The van der Waals surface area contributed by atoms with Gasteiger partial charge in [0.25, 0.3) is 5.91 Å². The summed E-state index contributed by atoms with van der Waals surface area (Å²) in [5.74, 6) is 2.10. The number of nitrogens with one attached hydrogen (secondary N) is 2. The first-order chi connectivity index (χ1) is 38.5. The van der Waals surface area contributed by atoms with E-state index in [9.17, 15) is 33.2 Å². The van der Waals surface area contributed by atoms with Crippen molar-refractivity contribution in [1.29, 1.82) is 0 Å². The fourth-order valence-electron chi connectivity index (χ4n) is 8.03. The Kier molecular flexibility index (Phi) is 36.1. The van der Waals surface area contributed by atoms with Gasteiger partial charge in [-0.1, -0.05) is 109 Å². The van der Waals surface area contributed by atoms with Crippen molar-refractivity contribution in [2.45, 2.75) is 71.1 Å². The van der Waals surface area contributed by atoms with Crippen LogP contribution in [0.4, 0.5) is 4.39 Å². The number of amides is 3. The van der Waals surface area contributed by atoms with Gasteiger partial charge in [0.05, 0.1) is 29.3 Å². The minimum Gasteiger partial charge on any atom is -0.790 e. The zero-order chi connectivity index (χ0) is 57.8. The summed E-state index contributed by atoms with van der Waals surface area (Å²) in [6, 6.07) is 40.1. The molecule has 23 heteroatoms. The average Bonchev–Trinajstić information content (AvgIpc) is 3.57. The Morgan fingerprint density at radius 1 is 0.675 bits per heavy atom. The third-order valence-corrected chi connectivity index (χ3v) is 12.0.